The molecule has 1 unspecified atom stereocenters. The number of benzene rings is 2. The predicted molar refractivity (Wildman–Crippen MR) is 175 cm³/mol. The number of carbonyl (C=O) groups is 4. The van der Waals surface area contributed by atoms with Crippen LogP contribution < -0.4 is 10.6 Å². The van der Waals surface area contributed by atoms with Gasteiger partial charge in [-0.25, -0.2) is 9.59 Å². The van der Waals surface area contributed by atoms with Crippen LogP contribution in [0.3, 0.4) is 0 Å². The van der Waals surface area contributed by atoms with E-state index in [1.807, 2.05) is 86.0 Å². The number of likely N-dealkylation sites (N-methyl/N-ethyl adjacent to an activating group) is 1. The normalized spacial score (nSPS) is 23.2. The van der Waals surface area contributed by atoms with Crippen LogP contribution in [0.4, 0.5) is 4.79 Å². The van der Waals surface area contributed by atoms with Crippen LogP contribution in [-0.2, 0) is 19.1 Å². The van der Waals surface area contributed by atoms with Crippen molar-refractivity contribution in [3.8, 4) is 0 Å². The number of amides is 3. The van der Waals surface area contributed by atoms with Crippen LogP contribution in [-0.4, -0.2) is 65.2 Å². The first kappa shape index (κ1) is 33.0. The zero-order chi connectivity index (χ0) is 33.0. The molecular weight excluding hydrogens is 584 g/mol. The summed E-state index contributed by atoms with van der Waals surface area (Å²) in [5, 5.41) is 6.55. The third-order valence-corrected chi connectivity index (χ3v) is 9.12. The molecule has 2 fully saturated rings. The minimum atomic E-state index is -0.771. The molecule has 2 aliphatic rings. The van der Waals surface area contributed by atoms with Gasteiger partial charge in [-0.2, -0.15) is 0 Å². The fourth-order valence-corrected chi connectivity index (χ4v) is 7.06. The predicted octanol–water partition coefficient (Wildman–Crippen LogP) is 5.78. The fraction of sp³-hybridized carbons (Fsp3) is 0.500. The van der Waals surface area contributed by atoms with Gasteiger partial charge in [-0.1, -0.05) is 48.5 Å². The first-order valence-corrected chi connectivity index (χ1v) is 16.3. The Kier molecular flexibility index (Phi) is 10.0. The summed E-state index contributed by atoms with van der Waals surface area (Å²) in [6, 6.07) is 18.5. The number of hydrogen-bond acceptors (Lipinski definition) is 6. The van der Waals surface area contributed by atoms with E-state index in [0.717, 1.165) is 29.3 Å². The largest absolute Gasteiger partial charge is 0.461 e. The lowest BCUT2D eigenvalue weighted by Crippen LogP contribution is -2.51. The van der Waals surface area contributed by atoms with Crippen LogP contribution >= 0.6 is 0 Å². The van der Waals surface area contributed by atoms with Gasteiger partial charge in [0.05, 0.1) is 12.1 Å². The van der Waals surface area contributed by atoms with E-state index in [2.05, 4.69) is 10.6 Å². The molecule has 1 aromatic heterocycles. The number of esters is 1. The van der Waals surface area contributed by atoms with Crippen LogP contribution in [0.15, 0.2) is 60.7 Å². The number of alkyl carbamates (subject to hydrolysis) is 1. The molecule has 3 atom stereocenters. The molecule has 5 rings (SSSR count). The number of hydrogen-bond donors (Lipinski definition) is 2. The Bertz CT molecular complexity index is 1550. The van der Waals surface area contributed by atoms with Crippen LogP contribution in [0, 0.1) is 11.8 Å². The van der Waals surface area contributed by atoms with E-state index < -0.39 is 29.9 Å². The van der Waals surface area contributed by atoms with Crippen molar-refractivity contribution >= 4 is 34.8 Å². The highest BCUT2D eigenvalue weighted by atomic mass is 16.6. The Balaban J connectivity index is 1.48. The number of nitrogens with one attached hydrogen (secondary N) is 2. The highest BCUT2D eigenvalue weighted by Gasteiger charge is 2.51. The van der Waals surface area contributed by atoms with Gasteiger partial charge in [0.15, 0.2) is 0 Å². The average molecular weight is 631 g/mol. The molecule has 2 aromatic carbocycles. The molecule has 10 heteroatoms. The number of likely N-dealkylation sites (tertiary alicyclic amines) is 1. The number of fused-ring (bicyclic) bond motifs is 1. The number of aromatic nitrogens is 1. The van der Waals surface area contributed by atoms with Gasteiger partial charge >= 0.3 is 12.1 Å². The van der Waals surface area contributed by atoms with Crippen molar-refractivity contribution in [1.29, 1.82) is 0 Å². The molecule has 1 aliphatic heterocycles. The van der Waals surface area contributed by atoms with Gasteiger partial charge in [0.25, 0.3) is 0 Å². The Morgan fingerprint density at radius 3 is 2.26 bits per heavy atom. The number of carbonyl (C=O) groups excluding carboxylic acids is 4. The summed E-state index contributed by atoms with van der Waals surface area (Å²) in [6.07, 6.45) is 2.21. The van der Waals surface area contributed by atoms with Crippen LogP contribution in [0.5, 0.6) is 0 Å². The molecule has 0 bridgehead atoms. The maximum absolute atomic E-state index is 14.7. The number of nitrogens with zero attached hydrogens (tertiary/aromatic N) is 2. The summed E-state index contributed by atoms with van der Waals surface area (Å²) >= 11 is 0. The van der Waals surface area contributed by atoms with Crippen LogP contribution in [0.25, 0.3) is 10.9 Å². The summed E-state index contributed by atoms with van der Waals surface area (Å²) in [5.74, 6) is -1.17. The SMILES string of the molecule is CCOC(=O)c1cc2ccccc2n1C1C[C@@H](c2ccccc2)[C@@H](C(=O)NC)N1C(=O)C1CCC(CNC(=O)OC(C)(C)C)CC1. The molecule has 1 saturated heterocycles. The molecule has 1 aliphatic carbocycles. The van der Waals surface area contributed by atoms with Crippen LogP contribution in [0.2, 0.25) is 0 Å². The molecule has 1 saturated carbocycles. The van der Waals surface area contributed by atoms with Crippen molar-refractivity contribution in [2.75, 3.05) is 20.2 Å². The minimum Gasteiger partial charge on any atom is -0.461 e. The summed E-state index contributed by atoms with van der Waals surface area (Å²) in [5.41, 5.74) is 1.54. The summed E-state index contributed by atoms with van der Waals surface area (Å²) in [7, 11) is 1.60. The zero-order valence-corrected chi connectivity index (χ0v) is 27.5. The Morgan fingerprint density at radius 1 is 0.935 bits per heavy atom. The second kappa shape index (κ2) is 14.0. The van der Waals surface area contributed by atoms with E-state index in [1.54, 1.807) is 18.9 Å². The van der Waals surface area contributed by atoms with Gasteiger partial charge in [-0.3, -0.25) is 9.59 Å². The zero-order valence-electron chi connectivity index (χ0n) is 27.5. The van der Waals surface area contributed by atoms with Crippen molar-refractivity contribution in [2.24, 2.45) is 11.8 Å². The second-order valence-electron chi connectivity index (χ2n) is 13.3. The quantitative estimate of drug-likeness (QED) is 0.305. The van der Waals surface area contributed by atoms with E-state index in [0.29, 0.717) is 31.5 Å². The van der Waals surface area contributed by atoms with Gasteiger partial charge in [-0.15, -0.1) is 0 Å². The van der Waals surface area contributed by atoms with Crippen molar-refractivity contribution in [1.82, 2.24) is 20.1 Å². The molecule has 3 amide bonds. The highest BCUT2D eigenvalue weighted by molar-refractivity contribution is 5.96. The van der Waals surface area contributed by atoms with Gasteiger partial charge in [0, 0.05) is 30.8 Å². The van der Waals surface area contributed by atoms with Gasteiger partial charge in [0.1, 0.15) is 23.5 Å². The monoisotopic (exact) mass is 630 g/mol. The van der Waals surface area contributed by atoms with E-state index in [4.69, 9.17) is 9.47 Å². The molecule has 3 aromatic rings. The third-order valence-electron chi connectivity index (χ3n) is 9.12. The van der Waals surface area contributed by atoms with Crippen LogP contribution in [0.1, 0.15) is 87.9 Å². The first-order chi connectivity index (χ1) is 22.0. The molecular formula is C36H46N4O6. The molecule has 2 N–H and O–H groups in total. The van der Waals surface area contributed by atoms with Gasteiger partial charge in [-0.05, 0) is 83.4 Å². The van der Waals surface area contributed by atoms with Crippen molar-refractivity contribution < 1.29 is 28.7 Å². The van der Waals surface area contributed by atoms with E-state index >= 15 is 0 Å². The molecule has 10 nitrogen and oxygen atoms in total. The lowest BCUT2D eigenvalue weighted by Gasteiger charge is -2.37. The summed E-state index contributed by atoms with van der Waals surface area (Å²) in [4.78, 5) is 55.8. The maximum atomic E-state index is 14.7. The number of para-hydroxylation sites is 1. The Labute approximate surface area is 270 Å². The fourth-order valence-electron chi connectivity index (χ4n) is 7.06. The number of rotatable bonds is 8. The molecule has 2 heterocycles. The van der Waals surface area contributed by atoms with E-state index in [9.17, 15) is 19.2 Å². The number of ether oxygens (including phenoxy) is 2. The molecule has 0 spiro atoms. The van der Waals surface area contributed by atoms with Gasteiger partial charge < -0.3 is 29.6 Å². The van der Waals surface area contributed by atoms with Gasteiger partial charge in [0.2, 0.25) is 11.8 Å². The van der Waals surface area contributed by atoms with E-state index in [-0.39, 0.29) is 36.2 Å². The maximum Gasteiger partial charge on any atom is 0.407 e. The molecule has 246 valence electrons. The Hall–Kier alpha value is -4.34. The summed E-state index contributed by atoms with van der Waals surface area (Å²) in [6.45, 7) is 7.95. The Morgan fingerprint density at radius 2 is 1.61 bits per heavy atom. The topological polar surface area (TPSA) is 119 Å². The standard InChI is InChI=1S/C36H46N4O6/c1-6-45-34(43)29-20-26-14-10-11-15-28(26)39(29)30-21-27(24-12-8-7-9-13-24)31(32(41)37-5)40(30)33(42)25-18-16-23(17-19-25)22-38-35(44)46-36(2,3)4/h7-15,20,23,25,27,30-31H,6,16-19,21-22H2,1-5H3,(H,37,41)(H,38,44)/t23?,25?,27-,30?,31-/m0/s1. The summed E-state index contributed by atoms with van der Waals surface area (Å²) < 4.78 is 12.8. The van der Waals surface area contributed by atoms with Crippen molar-refractivity contribution in [2.45, 2.75) is 83.5 Å². The highest BCUT2D eigenvalue weighted by Crippen LogP contribution is 2.46. The lowest BCUT2D eigenvalue weighted by molar-refractivity contribution is -0.146. The van der Waals surface area contributed by atoms with E-state index in [1.165, 1.54) is 0 Å². The molecule has 46 heavy (non-hydrogen) atoms. The second-order valence-corrected chi connectivity index (χ2v) is 13.3. The minimum absolute atomic E-state index is 0.0943. The molecule has 0 radical (unpaired) electrons. The average Bonchev–Trinajstić information content (AvgIpc) is 3.62. The smallest absolute Gasteiger partial charge is 0.407 e. The lowest BCUT2D eigenvalue weighted by atomic mass is 9.81. The van der Waals surface area contributed by atoms with Crippen molar-refractivity contribution in [3.05, 3.63) is 71.9 Å². The third kappa shape index (κ3) is 7.06. The van der Waals surface area contributed by atoms with Crippen molar-refractivity contribution in [3.63, 3.8) is 0 Å². The first-order valence-electron chi connectivity index (χ1n) is 16.3.